The summed E-state index contributed by atoms with van der Waals surface area (Å²) in [5, 5.41) is 7.05. The minimum atomic E-state index is -4.01. The van der Waals surface area contributed by atoms with Crippen molar-refractivity contribution in [2.45, 2.75) is 11.8 Å². The van der Waals surface area contributed by atoms with Gasteiger partial charge in [0.25, 0.3) is 15.9 Å². The van der Waals surface area contributed by atoms with Crippen molar-refractivity contribution in [1.82, 2.24) is 9.78 Å². The molecule has 0 spiro atoms. The normalized spacial score (nSPS) is 11.2. The van der Waals surface area contributed by atoms with E-state index in [9.17, 15) is 17.6 Å². The Balaban J connectivity index is 1.58. The number of nitrogens with zero attached hydrogens (tertiary/aromatic N) is 2. The highest BCUT2D eigenvalue weighted by molar-refractivity contribution is 7.92. The van der Waals surface area contributed by atoms with Crippen molar-refractivity contribution in [3.63, 3.8) is 0 Å². The summed E-state index contributed by atoms with van der Waals surface area (Å²) < 4.78 is 42.6. The van der Waals surface area contributed by atoms with E-state index in [0.717, 1.165) is 35.6 Å². The number of amides is 1. The zero-order valence-corrected chi connectivity index (χ0v) is 17.8. The molecule has 9 heteroatoms. The highest BCUT2D eigenvalue weighted by atomic mass is 32.2. The van der Waals surface area contributed by atoms with Crippen LogP contribution in [-0.2, 0) is 10.0 Å². The van der Waals surface area contributed by atoms with Crippen molar-refractivity contribution < 1.29 is 17.6 Å². The lowest BCUT2D eigenvalue weighted by atomic mass is 10.1. The van der Waals surface area contributed by atoms with Gasteiger partial charge in [0.05, 0.1) is 21.8 Å². The summed E-state index contributed by atoms with van der Waals surface area (Å²) in [7, 11) is -4.01. The molecule has 0 radical (unpaired) electrons. The van der Waals surface area contributed by atoms with Gasteiger partial charge < -0.3 is 5.32 Å². The van der Waals surface area contributed by atoms with E-state index in [-0.39, 0.29) is 16.1 Å². The largest absolute Gasteiger partial charge is 0.322 e. The van der Waals surface area contributed by atoms with Crippen molar-refractivity contribution in [3.05, 3.63) is 102 Å². The van der Waals surface area contributed by atoms with Crippen LogP contribution in [0.3, 0.4) is 0 Å². The number of para-hydroxylation sites is 1. The van der Waals surface area contributed by atoms with Gasteiger partial charge in [0.1, 0.15) is 5.82 Å². The predicted molar refractivity (Wildman–Crippen MR) is 120 cm³/mol. The topological polar surface area (TPSA) is 93.1 Å². The van der Waals surface area contributed by atoms with E-state index in [1.165, 1.54) is 12.1 Å². The molecule has 3 aromatic carbocycles. The first kappa shape index (κ1) is 21.3. The van der Waals surface area contributed by atoms with Crippen molar-refractivity contribution in [1.29, 1.82) is 0 Å². The maximum atomic E-state index is 13.1. The quantitative estimate of drug-likeness (QED) is 0.456. The van der Waals surface area contributed by atoms with E-state index in [2.05, 4.69) is 15.1 Å². The Bertz CT molecular complexity index is 1380. The molecular weight excluding hydrogens is 431 g/mol. The molecule has 0 aliphatic heterocycles. The standard InChI is InChI=1S/C23H19FN4O3S/c1-16-13-14-25-28(16)19-6-4-5-18(15-19)26-23(29)21-7-2-3-8-22(21)27-32(30,31)20-11-9-17(24)10-12-20/h2-15,27H,1H3,(H,26,29). The van der Waals surface area contributed by atoms with Crippen molar-refractivity contribution in [2.24, 2.45) is 0 Å². The van der Waals surface area contributed by atoms with Crippen LogP contribution in [0.15, 0.2) is 90.0 Å². The fraction of sp³-hybridized carbons (Fsp3) is 0.0435. The van der Waals surface area contributed by atoms with Crippen molar-refractivity contribution in [3.8, 4) is 5.69 Å². The van der Waals surface area contributed by atoms with E-state index in [1.807, 2.05) is 19.1 Å². The molecule has 0 aliphatic rings. The Hall–Kier alpha value is -3.98. The molecule has 1 aromatic heterocycles. The number of sulfonamides is 1. The zero-order chi connectivity index (χ0) is 22.7. The number of halogens is 1. The second-order valence-electron chi connectivity index (χ2n) is 6.99. The molecule has 7 nitrogen and oxygen atoms in total. The molecule has 1 amide bonds. The molecular formula is C23H19FN4O3S. The van der Waals surface area contributed by atoms with Crippen LogP contribution >= 0.6 is 0 Å². The van der Waals surface area contributed by atoms with E-state index < -0.39 is 21.7 Å². The number of nitrogens with one attached hydrogen (secondary N) is 2. The Labute approximate surface area is 184 Å². The molecule has 0 unspecified atom stereocenters. The first-order chi connectivity index (χ1) is 15.3. The summed E-state index contributed by atoms with van der Waals surface area (Å²) in [5.41, 5.74) is 2.48. The van der Waals surface area contributed by atoms with Crippen molar-refractivity contribution >= 4 is 27.3 Å². The van der Waals surface area contributed by atoms with Gasteiger partial charge in [0.2, 0.25) is 0 Å². The number of carbonyl (C=O) groups excluding carboxylic acids is 1. The highest BCUT2D eigenvalue weighted by Crippen LogP contribution is 2.22. The van der Waals surface area contributed by atoms with E-state index in [4.69, 9.17) is 0 Å². The van der Waals surface area contributed by atoms with Gasteiger partial charge in [-0.3, -0.25) is 9.52 Å². The molecule has 162 valence electrons. The third kappa shape index (κ3) is 4.52. The summed E-state index contributed by atoms with van der Waals surface area (Å²) in [6.07, 6.45) is 1.68. The fourth-order valence-corrected chi connectivity index (χ4v) is 4.22. The summed E-state index contributed by atoms with van der Waals surface area (Å²) in [4.78, 5) is 12.8. The van der Waals surface area contributed by atoms with Gasteiger partial charge in [0.15, 0.2) is 0 Å². The van der Waals surface area contributed by atoms with Gasteiger partial charge in [-0.05, 0) is 67.6 Å². The molecule has 2 N–H and O–H groups in total. The fourth-order valence-electron chi connectivity index (χ4n) is 3.14. The number of aromatic nitrogens is 2. The number of hydrogen-bond acceptors (Lipinski definition) is 4. The summed E-state index contributed by atoms with van der Waals surface area (Å²) in [6.45, 7) is 1.92. The minimum Gasteiger partial charge on any atom is -0.322 e. The second kappa shape index (κ2) is 8.64. The van der Waals surface area contributed by atoms with Crippen LogP contribution < -0.4 is 10.0 Å². The van der Waals surface area contributed by atoms with Gasteiger partial charge in [-0.1, -0.05) is 18.2 Å². The van der Waals surface area contributed by atoms with E-state index in [0.29, 0.717) is 5.69 Å². The molecule has 0 bridgehead atoms. The van der Waals surface area contributed by atoms with Gasteiger partial charge in [-0.2, -0.15) is 5.10 Å². The SMILES string of the molecule is Cc1ccnn1-c1cccc(NC(=O)c2ccccc2NS(=O)(=O)c2ccc(F)cc2)c1. The first-order valence-electron chi connectivity index (χ1n) is 9.63. The van der Waals surface area contributed by atoms with Crippen LogP contribution in [0.1, 0.15) is 16.1 Å². The van der Waals surface area contributed by atoms with Crippen LogP contribution in [0.25, 0.3) is 5.69 Å². The van der Waals surface area contributed by atoms with E-state index >= 15 is 0 Å². The van der Waals surface area contributed by atoms with Crippen LogP contribution in [0.2, 0.25) is 0 Å². The lowest BCUT2D eigenvalue weighted by Crippen LogP contribution is -2.18. The first-order valence-corrected chi connectivity index (χ1v) is 11.1. The van der Waals surface area contributed by atoms with E-state index in [1.54, 1.807) is 41.2 Å². The van der Waals surface area contributed by atoms with Gasteiger partial charge >= 0.3 is 0 Å². The van der Waals surface area contributed by atoms with Gasteiger partial charge in [-0.15, -0.1) is 0 Å². The number of rotatable bonds is 6. The summed E-state index contributed by atoms with van der Waals surface area (Å²) in [6, 6.07) is 19.7. The van der Waals surface area contributed by atoms with Crippen LogP contribution in [0, 0.1) is 12.7 Å². The maximum absolute atomic E-state index is 13.1. The average molecular weight is 450 g/mol. The Morgan fingerprint density at radius 2 is 1.72 bits per heavy atom. The maximum Gasteiger partial charge on any atom is 0.261 e. The summed E-state index contributed by atoms with van der Waals surface area (Å²) in [5.74, 6) is -1.03. The minimum absolute atomic E-state index is 0.105. The van der Waals surface area contributed by atoms with Crippen LogP contribution in [0.5, 0.6) is 0 Å². The molecule has 0 saturated carbocycles. The third-order valence-electron chi connectivity index (χ3n) is 4.72. The Kier molecular flexibility index (Phi) is 5.74. The second-order valence-corrected chi connectivity index (χ2v) is 8.68. The number of carbonyl (C=O) groups is 1. The number of anilines is 2. The smallest absolute Gasteiger partial charge is 0.261 e. The Morgan fingerprint density at radius 3 is 2.44 bits per heavy atom. The van der Waals surface area contributed by atoms with Crippen LogP contribution in [0.4, 0.5) is 15.8 Å². The molecule has 1 heterocycles. The lowest BCUT2D eigenvalue weighted by Gasteiger charge is -2.13. The molecule has 0 aliphatic carbocycles. The van der Waals surface area contributed by atoms with Crippen LogP contribution in [-0.4, -0.2) is 24.1 Å². The molecule has 0 atom stereocenters. The van der Waals surface area contributed by atoms with Gasteiger partial charge in [-0.25, -0.2) is 17.5 Å². The molecule has 0 saturated heterocycles. The van der Waals surface area contributed by atoms with Gasteiger partial charge in [0, 0.05) is 17.6 Å². The zero-order valence-electron chi connectivity index (χ0n) is 17.0. The lowest BCUT2D eigenvalue weighted by molar-refractivity contribution is 0.102. The molecule has 0 fully saturated rings. The average Bonchev–Trinajstić information content (AvgIpc) is 3.20. The number of hydrogen-bond donors (Lipinski definition) is 2. The monoisotopic (exact) mass is 450 g/mol. The summed E-state index contributed by atoms with van der Waals surface area (Å²) >= 11 is 0. The predicted octanol–water partition coefficient (Wildman–Crippen LogP) is 4.37. The highest BCUT2D eigenvalue weighted by Gasteiger charge is 2.19. The third-order valence-corrected chi connectivity index (χ3v) is 6.10. The molecule has 4 rings (SSSR count). The number of aryl methyl sites for hydroxylation is 1. The molecule has 4 aromatic rings. The number of benzene rings is 3. The molecule has 32 heavy (non-hydrogen) atoms. The Morgan fingerprint density at radius 1 is 0.969 bits per heavy atom. The van der Waals surface area contributed by atoms with Crippen molar-refractivity contribution in [2.75, 3.05) is 10.0 Å².